The van der Waals surface area contributed by atoms with E-state index in [0.29, 0.717) is 24.7 Å². The third-order valence-corrected chi connectivity index (χ3v) is 4.63. The second-order valence-electron chi connectivity index (χ2n) is 5.74. The molecule has 1 aromatic rings. The fraction of sp³-hybridized carbons (Fsp3) is 0.312. The second kappa shape index (κ2) is 5.82. The predicted octanol–water partition coefficient (Wildman–Crippen LogP) is 1.23. The van der Waals surface area contributed by atoms with Gasteiger partial charge < -0.3 is 0 Å². The van der Waals surface area contributed by atoms with Gasteiger partial charge in [-0.25, -0.2) is 10.0 Å². The topological polar surface area (TPSA) is 60.3 Å². The molecule has 4 rings (SSSR count). The predicted molar refractivity (Wildman–Crippen MR) is 92.0 cm³/mol. The lowest BCUT2D eigenvalue weighted by atomic mass is 10.0. The Morgan fingerprint density at radius 1 is 1.17 bits per heavy atom. The normalized spacial score (nSPS) is 20.7. The highest BCUT2D eigenvalue weighted by atomic mass is 32.2. The number of Topliss-reactive ketones (excluding diaryl/α,β-unsaturated/α-hetero) is 1. The van der Waals surface area contributed by atoms with Gasteiger partial charge in [-0.2, -0.15) is 4.99 Å². The Bertz CT molecular complexity index is 740. The first-order valence-corrected chi connectivity index (χ1v) is 8.72. The van der Waals surface area contributed by atoms with E-state index in [1.807, 2.05) is 29.5 Å². The van der Waals surface area contributed by atoms with Gasteiger partial charge in [-0.05, 0) is 17.4 Å². The summed E-state index contributed by atoms with van der Waals surface area (Å²) in [6.07, 6.45) is 1.96. The van der Waals surface area contributed by atoms with E-state index in [0.717, 1.165) is 23.8 Å². The Morgan fingerprint density at radius 2 is 2.00 bits per heavy atom. The minimum atomic E-state index is 0.0853. The SMILES string of the molecule is CSC1=NC2=NC3=C(CN(Cc4ccccc4)CC3=O)CN2N1. The number of carbonyl (C=O) groups is 1. The molecule has 0 aromatic heterocycles. The molecule has 0 bridgehead atoms. The first-order chi connectivity index (χ1) is 11.2. The molecular formula is C16H17N5OS. The Hall–Kier alpha value is -2.12. The molecule has 23 heavy (non-hydrogen) atoms. The number of fused-ring (bicyclic) bond motifs is 1. The third kappa shape index (κ3) is 2.77. The summed E-state index contributed by atoms with van der Waals surface area (Å²) in [6, 6.07) is 10.2. The number of hydrazine groups is 1. The number of nitrogens with one attached hydrogen (secondary N) is 1. The molecule has 1 aromatic carbocycles. The number of hydrogen-bond donors (Lipinski definition) is 1. The van der Waals surface area contributed by atoms with Crippen molar-refractivity contribution < 1.29 is 4.79 Å². The zero-order valence-corrected chi connectivity index (χ0v) is 13.6. The number of amidine groups is 1. The number of carbonyl (C=O) groups excluding carboxylic acids is 1. The highest BCUT2D eigenvalue weighted by Crippen LogP contribution is 2.25. The van der Waals surface area contributed by atoms with Gasteiger partial charge in [0.05, 0.1) is 13.1 Å². The van der Waals surface area contributed by atoms with Gasteiger partial charge in [0.15, 0.2) is 11.0 Å². The van der Waals surface area contributed by atoms with E-state index < -0.39 is 0 Å². The minimum absolute atomic E-state index is 0.0853. The molecule has 7 heteroatoms. The first-order valence-electron chi connectivity index (χ1n) is 7.50. The number of hydrogen-bond acceptors (Lipinski definition) is 7. The summed E-state index contributed by atoms with van der Waals surface area (Å²) < 4.78 is 0. The van der Waals surface area contributed by atoms with Crippen molar-refractivity contribution in [2.75, 3.05) is 25.9 Å². The average molecular weight is 327 g/mol. The number of rotatable bonds is 2. The fourth-order valence-electron chi connectivity index (χ4n) is 3.01. The van der Waals surface area contributed by atoms with Gasteiger partial charge in [0.1, 0.15) is 5.70 Å². The maximum absolute atomic E-state index is 12.5. The monoisotopic (exact) mass is 327 g/mol. The Morgan fingerprint density at radius 3 is 2.78 bits per heavy atom. The molecule has 0 radical (unpaired) electrons. The summed E-state index contributed by atoms with van der Waals surface area (Å²) in [5.41, 5.74) is 6.09. The van der Waals surface area contributed by atoms with Crippen molar-refractivity contribution in [2.24, 2.45) is 9.98 Å². The molecular weight excluding hydrogens is 310 g/mol. The van der Waals surface area contributed by atoms with E-state index in [4.69, 9.17) is 0 Å². The van der Waals surface area contributed by atoms with Crippen LogP contribution in [0.1, 0.15) is 5.56 Å². The molecule has 0 saturated carbocycles. The second-order valence-corrected chi connectivity index (χ2v) is 6.53. The maximum Gasteiger partial charge on any atom is 0.247 e. The lowest BCUT2D eigenvalue weighted by Crippen LogP contribution is -2.47. The van der Waals surface area contributed by atoms with Gasteiger partial charge in [0.2, 0.25) is 5.96 Å². The van der Waals surface area contributed by atoms with Crippen molar-refractivity contribution in [2.45, 2.75) is 6.54 Å². The maximum atomic E-state index is 12.5. The molecule has 6 nitrogen and oxygen atoms in total. The van der Waals surface area contributed by atoms with Gasteiger partial charge >= 0.3 is 0 Å². The number of benzene rings is 1. The number of guanidine groups is 1. The van der Waals surface area contributed by atoms with Gasteiger partial charge in [-0.3, -0.25) is 15.1 Å². The lowest BCUT2D eigenvalue weighted by Gasteiger charge is -2.33. The van der Waals surface area contributed by atoms with E-state index in [-0.39, 0.29) is 5.78 Å². The standard InChI is InChI=1S/C16H17N5OS/c1-23-16-18-15-17-14-12(9-21(15)19-16)8-20(10-13(14)22)7-11-5-3-2-4-6-11/h2-6H,7-10H2,1H3,(H,17,18,19). The van der Waals surface area contributed by atoms with Crippen LogP contribution < -0.4 is 5.43 Å². The molecule has 118 valence electrons. The smallest absolute Gasteiger partial charge is 0.247 e. The van der Waals surface area contributed by atoms with Crippen molar-refractivity contribution in [3.8, 4) is 0 Å². The van der Waals surface area contributed by atoms with Gasteiger partial charge in [-0.1, -0.05) is 42.1 Å². The molecule has 0 fully saturated rings. The van der Waals surface area contributed by atoms with Crippen LogP contribution in [-0.4, -0.2) is 52.7 Å². The molecule has 3 heterocycles. The average Bonchev–Trinajstić information content (AvgIpc) is 2.96. The van der Waals surface area contributed by atoms with E-state index in [1.165, 1.54) is 17.3 Å². The zero-order valence-electron chi connectivity index (χ0n) is 12.8. The van der Waals surface area contributed by atoms with E-state index in [1.54, 1.807) is 0 Å². The Balaban J connectivity index is 1.54. The van der Waals surface area contributed by atoms with Crippen LogP contribution in [0.3, 0.4) is 0 Å². The molecule has 1 N–H and O–H groups in total. The van der Waals surface area contributed by atoms with Crippen LogP contribution in [0, 0.1) is 0 Å². The van der Waals surface area contributed by atoms with Gasteiger partial charge in [0.25, 0.3) is 0 Å². The van der Waals surface area contributed by atoms with Crippen LogP contribution >= 0.6 is 11.8 Å². The number of ketones is 1. The number of nitrogens with zero attached hydrogens (tertiary/aromatic N) is 4. The van der Waals surface area contributed by atoms with E-state index >= 15 is 0 Å². The summed E-state index contributed by atoms with van der Waals surface area (Å²) in [5, 5.41) is 2.72. The summed E-state index contributed by atoms with van der Waals surface area (Å²) >= 11 is 1.54. The minimum Gasteiger partial charge on any atom is -0.291 e. The molecule has 0 saturated heterocycles. The molecule has 0 unspecified atom stereocenters. The summed E-state index contributed by atoms with van der Waals surface area (Å²) in [7, 11) is 0. The molecule has 0 aliphatic carbocycles. The zero-order chi connectivity index (χ0) is 15.8. The van der Waals surface area contributed by atoms with Crippen molar-refractivity contribution >= 4 is 28.7 Å². The third-order valence-electron chi connectivity index (χ3n) is 4.06. The van der Waals surface area contributed by atoms with Gasteiger partial charge in [-0.15, -0.1) is 0 Å². The Kier molecular flexibility index (Phi) is 3.66. The summed E-state index contributed by atoms with van der Waals surface area (Å²) in [4.78, 5) is 23.5. The Labute approximate surface area is 138 Å². The van der Waals surface area contributed by atoms with Crippen molar-refractivity contribution in [3.63, 3.8) is 0 Å². The van der Waals surface area contributed by atoms with Crippen molar-refractivity contribution in [1.82, 2.24) is 15.3 Å². The van der Waals surface area contributed by atoms with Crippen LogP contribution in [0.4, 0.5) is 0 Å². The molecule has 0 amide bonds. The summed E-state index contributed by atoms with van der Waals surface area (Å²) in [6.45, 7) is 2.61. The molecule has 3 aliphatic heterocycles. The van der Waals surface area contributed by atoms with E-state index in [2.05, 4.69) is 32.4 Å². The first kappa shape index (κ1) is 14.5. The molecule has 0 atom stereocenters. The summed E-state index contributed by atoms with van der Waals surface area (Å²) in [5.74, 6) is 0.681. The number of aliphatic imine (C=N–C) groups is 2. The van der Waals surface area contributed by atoms with Crippen LogP contribution in [0.15, 0.2) is 51.6 Å². The van der Waals surface area contributed by atoms with Crippen molar-refractivity contribution in [3.05, 3.63) is 47.2 Å². The highest BCUT2D eigenvalue weighted by Gasteiger charge is 2.34. The molecule has 0 spiro atoms. The van der Waals surface area contributed by atoms with E-state index in [9.17, 15) is 4.79 Å². The van der Waals surface area contributed by atoms with Gasteiger partial charge in [0, 0.05) is 13.1 Å². The lowest BCUT2D eigenvalue weighted by molar-refractivity contribution is -0.117. The molecule has 3 aliphatic rings. The quantitative estimate of drug-likeness (QED) is 0.885. The highest BCUT2D eigenvalue weighted by molar-refractivity contribution is 8.13. The van der Waals surface area contributed by atoms with Crippen LogP contribution in [0.5, 0.6) is 0 Å². The van der Waals surface area contributed by atoms with Crippen molar-refractivity contribution in [1.29, 1.82) is 0 Å². The number of thioether (sulfide) groups is 1. The van der Waals surface area contributed by atoms with Crippen LogP contribution in [-0.2, 0) is 11.3 Å². The van der Waals surface area contributed by atoms with Crippen LogP contribution in [0.25, 0.3) is 0 Å². The van der Waals surface area contributed by atoms with Crippen LogP contribution in [0.2, 0.25) is 0 Å². The largest absolute Gasteiger partial charge is 0.291 e. The fourth-order valence-corrected chi connectivity index (χ4v) is 3.39.